The molecule has 1 fully saturated rings. The quantitative estimate of drug-likeness (QED) is 0.848. The summed E-state index contributed by atoms with van der Waals surface area (Å²) >= 11 is 0. The minimum atomic E-state index is -0.984. The second-order valence-corrected chi connectivity index (χ2v) is 7.75. The Morgan fingerprint density at radius 1 is 1.31 bits per heavy atom. The summed E-state index contributed by atoms with van der Waals surface area (Å²) in [7, 11) is 5.81. The minimum absolute atomic E-state index is 0.0525. The fraction of sp³-hybridized carbons (Fsp3) is 0.600. The van der Waals surface area contributed by atoms with Crippen LogP contribution in [-0.4, -0.2) is 55.4 Å². The Morgan fingerprint density at radius 3 is 2.65 bits per heavy atom. The lowest BCUT2D eigenvalue weighted by atomic mass is 9.92. The Hall–Kier alpha value is -2.08. The molecule has 6 heteroatoms. The van der Waals surface area contributed by atoms with Crippen LogP contribution in [0.15, 0.2) is 29.4 Å². The number of likely N-dealkylation sites (N-methyl/N-ethyl adjacent to an activating group) is 1. The molecule has 1 saturated carbocycles. The number of ether oxygens (including phenoxy) is 1. The van der Waals surface area contributed by atoms with Gasteiger partial charge in [0.05, 0.1) is 12.8 Å². The Morgan fingerprint density at radius 2 is 2.00 bits per heavy atom. The first kappa shape index (κ1) is 18.7. The van der Waals surface area contributed by atoms with E-state index in [1.165, 1.54) is 12.8 Å². The van der Waals surface area contributed by atoms with Crippen molar-refractivity contribution in [1.82, 2.24) is 10.2 Å². The van der Waals surface area contributed by atoms with Crippen LogP contribution in [0, 0.1) is 0 Å². The molecule has 3 rings (SSSR count). The number of rotatable bonds is 6. The van der Waals surface area contributed by atoms with Gasteiger partial charge >= 0.3 is 0 Å². The fourth-order valence-corrected chi connectivity index (χ4v) is 3.94. The Balaban J connectivity index is 1.66. The van der Waals surface area contributed by atoms with Gasteiger partial charge in [-0.2, -0.15) is 0 Å². The summed E-state index contributed by atoms with van der Waals surface area (Å²) < 4.78 is 5.40. The van der Waals surface area contributed by atoms with Crippen molar-refractivity contribution in [2.75, 3.05) is 27.7 Å². The van der Waals surface area contributed by atoms with E-state index in [-0.39, 0.29) is 11.4 Å². The molecule has 2 aliphatic rings. The molecule has 0 spiro atoms. The lowest BCUT2D eigenvalue weighted by Gasteiger charge is -2.37. The van der Waals surface area contributed by atoms with Crippen molar-refractivity contribution in [3.05, 3.63) is 29.8 Å². The lowest BCUT2D eigenvalue weighted by molar-refractivity contribution is -0.142. The molecule has 0 bridgehead atoms. The highest BCUT2D eigenvalue weighted by atomic mass is 16.7. The van der Waals surface area contributed by atoms with Gasteiger partial charge in [0, 0.05) is 24.1 Å². The molecule has 1 aromatic carbocycles. The van der Waals surface area contributed by atoms with Crippen LogP contribution < -0.4 is 10.1 Å². The van der Waals surface area contributed by atoms with Crippen LogP contribution in [0.1, 0.15) is 44.6 Å². The maximum atomic E-state index is 12.9. The SMILES string of the molecule is COc1ccccc1C1=NOC(C)(C(=O)NCC2(N(C)C)CCCC2)C1. The van der Waals surface area contributed by atoms with Gasteiger partial charge in [-0.05, 0) is 46.0 Å². The summed E-state index contributed by atoms with van der Waals surface area (Å²) in [5.74, 6) is 0.622. The van der Waals surface area contributed by atoms with Gasteiger partial charge in [-0.3, -0.25) is 4.79 Å². The summed E-state index contributed by atoms with van der Waals surface area (Å²) in [6.07, 6.45) is 5.07. The number of carbonyl (C=O) groups is 1. The summed E-state index contributed by atoms with van der Waals surface area (Å²) in [6, 6.07) is 7.66. The number of amides is 1. The number of nitrogens with one attached hydrogen (secondary N) is 1. The van der Waals surface area contributed by atoms with Crippen molar-refractivity contribution >= 4 is 11.6 Å². The van der Waals surface area contributed by atoms with E-state index >= 15 is 0 Å². The standard InChI is InChI=1S/C20H29N3O3/c1-19(18(24)21-14-20(23(2)3)11-7-8-12-20)13-16(22-26-19)15-9-5-6-10-17(15)25-4/h5-6,9-10H,7-8,11-14H2,1-4H3,(H,21,24). The van der Waals surface area contributed by atoms with Crippen molar-refractivity contribution in [3.8, 4) is 5.75 Å². The Labute approximate surface area is 155 Å². The van der Waals surface area contributed by atoms with Crippen LogP contribution in [0.5, 0.6) is 5.75 Å². The fourth-order valence-electron chi connectivity index (χ4n) is 3.94. The number of hydrogen-bond acceptors (Lipinski definition) is 5. The zero-order valence-electron chi connectivity index (χ0n) is 16.2. The smallest absolute Gasteiger partial charge is 0.267 e. The number of oxime groups is 1. The van der Waals surface area contributed by atoms with Gasteiger partial charge < -0.3 is 19.8 Å². The van der Waals surface area contributed by atoms with Crippen LogP contribution in [0.25, 0.3) is 0 Å². The number of methoxy groups -OCH3 is 1. The largest absolute Gasteiger partial charge is 0.496 e. The highest BCUT2D eigenvalue weighted by Gasteiger charge is 2.44. The van der Waals surface area contributed by atoms with Crippen LogP contribution in [0.4, 0.5) is 0 Å². The van der Waals surface area contributed by atoms with Gasteiger partial charge in [0.15, 0.2) is 0 Å². The zero-order valence-corrected chi connectivity index (χ0v) is 16.2. The van der Waals surface area contributed by atoms with E-state index in [1.54, 1.807) is 14.0 Å². The third kappa shape index (κ3) is 3.43. The monoisotopic (exact) mass is 359 g/mol. The molecule has 1 aliphatic carbocycles. The number of nitrogens with zero attached hydrogens (tertiary/aromatic N) is 2. The highest BCUT2D eigenvalue weighted by molar-refractivity contribution is 6.07. The maximum Gasteiger partial charge on any atom is 0.267 e. The van der Waals surface area contributed by atoms with Crippen molar-refractivity contribution in [2.24, 2.45) is 5.16 Å². The maximum absolute atomic E-state index is 12.9. The summed E-state index contributed by atoms with van der Waals surface area (Å²) in [6.45, 7) is 2.44. The minimum Gasteiger partial charge on any atom is -0.496 e. The predicted octanol–water partition coefficient (Wildman–Crippen LogP) is 2.57. The molecule has 1 aromatic rings. The molecular formula is C20H29N3O3. The molecule has 0 radical (unpaired) electrons. The Kier molecular flexibility index (Phi) is 5.23. The van der Waals surface area contributed by atoms with Gasteiger partial charge in [-0.15, -0.1) is 0 Å². The van der Waals surface area contributed by atoms with Crippen molar-refractivity contribution in [2.45, 2.75) is 50.2 Å². The first-order valence-corrected chi connectivity index (χ1v) is 9.24. The first-order valence-electron chi connectivity index (χ1n) is 9.24. The lowest BCUT2D eigenvalue weighted by Crippen LogP contribution is -2.54. The third-order valence-electron chi connectivity index (χ3n) is 5.82. The van der Waals surface area contributed by atoms with Gasteiger partial charge in [-0.25, -0.2) is 0 Å². The van der Waals surface area contributed by atoms with Crippen LogP contribution >= 0.6 is 0 Å². The average Bonchev–Trinajstić information content (AvgIpc) is 3.28. The van der Waals surface area contributed by atoms with E-state index < -0.39 is 5.60 Å². The number of para-hydroxylation sites is 1. The van der Waals surface area contributed by atoms with Gasteiger partial charge in [0.1, 0.15) is 5.75 Å². The summed E-state index contributed by atoms with van der Waals surface area (Å²) in [5.41, 5.74) is 0.676. The van der Waals surface area contributed by atoms with Gasteiger partial charge in [-0.1, -0.05) is 30.1 Å². The van der Waals surface area contributed by atoms with Crippen molar-refractivity contribution in [1.29, 1.82) is 0 Å². The molecule has 1 amide bonds. The van der Waals surface area contributed by atoms with Crippen molar-refractivity contribution < 1.29 is 14.4 Å². The van der Waals surface area contributed by atoms with E-state index in [2.05, 4.69) is 29.5 Å². The Bertz CT molecular complexity index is 695. The predicted molar refractivity (Wildman–Crippen MR) is 102 cm³/mol. The summed E-state index contributed by atoms with van der Waals surface area (Å²) in [4.78, 5) is 20.7. The van der Waals surface area contributed by atoms with Gasteiger partial charge in [0.25, 0.3) is 5.91 Å². The van der Waals surface area contributed by atoms with Crippen molar-refractivity contribution in [3.63, 3.8) is 0 Å². The molecule has 6 nitrogen and oxygen atoms in total. The second kappa shape index (κ2) is 7.27. The molecule has 1 unspecified atom stereocenters. The van der Waals surface area contributed by atoms with Crippen LogP contribution in [0.2, 0.25) is 0 Å². The van der Waals surface area contributed by atoms with E-state index in [1.807, 2.05) is 24.3 Å². The molecular weight excluding hydrogens is 330 g/mol. The number of benzene rings is 1. The number of hydrogen-bond donors (Lipinski definition) is 1. The molecule has 0 aromatic heterocycles. The van der Waals surface area contributed by atoms with Gasteiger partial charge in [0.2, 0.25) is 5.60 Å². The first-order chi connectivity index (χ1) is 12.4. The average molecular weight is 359 g/mol. The molecule has 1 atom stereocenters. The third-order valence-corrected chi connectivity index (χ3v) is 5.82. The van der Waals surface area contributed by atoms with E-state index in [0.717, 1.165) is 29.9 Å². The van der Waals surface area contributed by atoms with Crippen LogP contribution in [0.3, 0.4) is 0 Å². The molecule has 1 aliphatic heterocycles. The molecule has 1 N–H and O–H groups in total. The molecule has 142 valence electrons. The topological polar surface area (TPSA) is 63.2 Å². The van der Waals surface area contributed by atoms with E-state index in [0.29, 0.717) is 13.0 Å². The second-order valence-electron chi connectivity index (χ2n) is 7.75. The molecule has 26 heavy (non-hydrogen) atoms. The summed E-state index contributed by atoms with van der Waals surface area (Å²) in [5, 5.41) is 7.31. The van der Waals surface area contributed by atoms with Crippen LogP contribution in [-0.2, 0) is 9.63 Å². The van der Waals surface area contributed by atoms with E-state index in [4.69, 9.17) is 9.57 Å². The molecule has 0 saturated heterocycles. The van der Waals surface area contributed by atoms with E-state index in [9.17, 15) is 4.79 Å². The zero-order chi connectivity index (χ0) is 18.8. The molecule has 1 heterocycles. The normalized spacial score (nSPS) is 24.3. The number of carbonyl (C=O) groups excluding carboxylic acids is 1. The highest BCUT2D eigenvalue weighted by Crippen LogP contribution is 2.34.